The van der Waals surface area contributed by atoms with Gasteiger partial charge in [-0.2, -0.15) is 4.68 Å². The number of amides is 1. The van der Waals surface area contributed by atoms with E-state index >= 15 is 0 Å². The van der Waals surface area contributed by atoms with Crippen molar-refractivity contribution < 1.29 is 19.1 Å². The Labute approximate surface area is 190 Å². The Hall–Kier alpha value is -3.40. The maximum Gasteiger partial charge on any atom is 0.226 e. The highest BCUT2D eigenvalue weighted by Gasteiger charge is 2.22. The number of ketones is 1. The predicted octanol–water partition coefficient (Wildman–Crippen LogP) is 3.64. The van der Waals surface area contributed by atoms with Gasteiger partial charge in [0.15, 0.2) is 5.78 Å². The second kappa shape index (κ2) is 10.3. The first-order chi connectivity index (χ1) is 15.3. The minimum absolute atomic E-state index is 0.0761. The lowest BCUT2D eigenvalue weighted by Crippen LogP contribution is -2.18. The van der Waals surface area contributed by atoms with Crippen molar-refractivity contribution in [1.82, 2.24) is 20.2 Å². The third kappa shape index (κ3) is 5.25. The Morgan fingerprint density at radius 1 is 1.03 bits per heavy atom. The number of nitrogens with one attached hydrogen (secondary N) is 1. The van der Waals surface area contributed by atoms with Crippen LogP contribution in [0, 0.1) is 5.92 Å². The molecule has 1 N–H and O–H groups in total. The summed E-state index contributed by atoms with van der Waals surface area (Å²) < 4.78 is 12.2. The van der Waals surface area contributed by atoms with Crippen molar-refractivity contribution in [2.24, 2.45) is 5.92 Å². The normalized spacial score (nSPS) is 11.8. The summed E-state index contributed by atoms with van der Waals surface area (Å²) in [6.07, 6.45) is 0. The second-order valence-corrected chi connectivity index (χ2v) is 8.56. The number of hydrogen-bond acceptors (Lipinski definition) is 8. The van der Waals surface area contributed by atoms with Gasteiger partial charge in [-0.25, -0.2) is 0 Å². The molecule has 1 aromatic heterocycles. The number of hydrogen-bond donors (Lipinski definition) is 1. The fourth-order valence-electron chi connectivity index (χ4n) is 2.82. The van der Waals surface area contributed by atoms with Gasteiger partial charge < -0.3 is 14.8 Å². The summed E-state index contributed by atoms with van der Waals surface area (Å²) in [6.45, 7) is 5.44. The number of carbonyl (C=O) groups is 2. The van der Waals surface area contributed by atoms with Gasteiger partial charge in [-0.05, 0) is 53.7 Å². The first kappa shape index (κ1) is 23.3. The van der Waals surface area contributed by atoms with Crippen LogP contribution in [0.2, 0.25) is 0 Å². The lowest BCUT2D eigenvalue weighted by atomic mass is 10.1. The summed E-state index contributed by atoms with van der Waals surface area (Å²) >= 11 is 1.24. The number of thioether (sulfide) groups is 1. The zero-order valence-electron chi connectivity index (χ0n) is 18.5. The monoisotopic (exact) mass is 455 g/mol. The van der Waals surface area contributed by atoms with Crippen LogP contribution in [-0.4, -0.2) is 51.4 Å². The predicted molar refractivity (Wildman–Crippen MR) is 122 cm³/mol. The summed E-state index contributed by atoms with van der Waals surface area (Å²) in [5.41, 5.74) is 1.78. The Balaban J connectivity index is 1.76. The number of rotatable bonds is 9. The molecule has 0 spiro atoms. The Bertz CT molecular complexity index is 1100. The third-order valence-electron chi connectivity index (χ3n) is 4.67. The molecular weight excluding hydrogens is 430 g/mol. The quantitative estimate of drug-likeness (QED) is 0.385. The number of ether oxygens (including phenoxy) is 2. The highest BCUT2D eigenvalue weighted by molar-refractivity contribution is 8.00. The van der Waals surface area contributed by atoms with Crippen LogP contribution in [0.3, 0.4) is 0 Å². The number of carbonyl (C=O) groups excluding carboxylic acids is 2. The summed E-state index contributed by atoms with van der Waals surface area (Å²) in [5.74, 6) is 0.914. The van der Waals surface area contributed by atoms with E-state index in [0.29, 0.717) is 33.6 Å². The van der Waals surface area contributed by atoms with E-state index in [9.17, 15) is 9.59 Å². The molecule has 1 amide bonds. The van der Waals surface area contributed by atoms with Crippen molar-refractivity contribution >= 4 is 29.1 Å². The highest BCUT2D eigenvalue weighted by Crippen LogP contribution is 2.31. The lowest BCUT2D eigenvalue weighted by Gasteiger charge is -2.13. The molecule has 0 radical (unpaired) electrons. The Morgan fingerprint density at radius 3 is 2.38 bits per heavy atom. The van der Waals surface area contributed by atoms with Crippen LogP contribution in [0.15, 0.2) is 47.6 Å². The highest BCUT2D eigenvalue weighted by atomic mass is 32.2. The zero-order chi connectivity index (χ0) is 23.3. The van der Waals surface area contributed by atoms with E-state index in [-0.39, 0.29) is 17.6 Å². The molecule has 0 saturated carbocycles. The molecule has 32 heavy (non-hydrogen) atoms. The standard InChI is InChI=1S/C22H25N5O4S/c1-13(2)21(29)23-16-8-6-15(7-9-16)20(28)14(3)32-22-24-25-26-27(22)18-12-17(30-4)10-11-19(18)31-5/h6-14H,1-5H3,(H,23,29). The number of methoxy groups -OCH3 is 2. The van der Waals surface area contributed by atoms with Crippen LogP contribution in [0.25, 0.3) is 5.69 Å². The van der Waals surface area contributed by atoms with E-state index in [0.717, 1.165) is 0 Å². The van der Waals surface area contributed by atoms with Gasteiger partial charge in [0.05, 0.1) is 19.5 Å². The average Bonchev–Trinajstić information content (AvgIpc) is 3.26. The molecule has 1 atom stereocenters. The Morgan fingerprint density at radius 2 is 1.75 bits per heavy atom. The summed E-state index contributed by atoms with van der Waals surface area (Å²) in [6, 6.07) is 12.1. The van der Waals surface area contributed by atoms with Crippen LogP contribution in [-0.2, 0) is 4.79 Å². The maximum absolute atomic E-state index is 13.0. The van der Waals surface area contributed by atoms with Crippen molar-refractivity contribution in [3.63, 3.8) is 0 Å². The molecule has 168 valence electrons. The molecule has 0 fully saturated rings. The van der Waals surface area contributed by atoms with Crippen molar-refractivity contribution in [3.8, 4) is 17.2 Å². The SMILES string of the molecule is COc1ccc(OC)c(-n2nnnc2SC(C)C(=O)c2ccc(NC(=O)C(C)C)cc2)c1. The second-order valence-electron chi connectivity index (χ2n) is 7.26. The van der Waals surface area contributed by atoms with E-state index in [4.69, 9.17) is 9.47 Å². The van der Waals surface area contributed by atoms with Gasteiger partial charge >= 0.3 is 0 Å². The Kier molecular flexibility index (Phi) is 7.47. The zero-order valence-corrected chi connectivity index (χ0v) is 19.3. The molecule has 1 heterocycles. The average molecular weight is 456 g/mol. The minimum Gasteiger partial charge on any atom is -0.497 e. The number of tetrazole rings is 1. The number of Topliss-reactive ketones (excluding diaryl/α,β-unsaturated/α-hetero) is 1. The van der Waals surface area contributed by atoms with Crippen LogP contribution < -0.4 is 14.8 Å². The molecular formula is C22H25N5O4S. The molecule has 2 aromatic carbocycles. The first-order valence-electron chi connectivity index (χ1n) is 9.96. The topological polar surface area (TPSA) is 108 Å². The fraction of sp³-hybridized carbons (Fsp3) is 0.318. The number of benzene rings is 2. The molecule has 1 unspecified atom stereocenters. The van der Waals surface area contributed by atoms with Gasteiger partial charge in [0.25, 0.3) is 0 Å². The lowest BCUT2D eigenvalue weighted by molar-refractivity contribution is -0.118. The van der Waals surface area contributed by atoms with Gasteiger partial charge in [-0.3, -0.25) is 9.59 Å². The van der Waals surface area contributed by atoms with Crippen molar-refractivity contribution in [2.45, 2.75) is 31.2 Å². The van der Waals surface area contributed by atoms with Gasteiger partial charge in [-0.1, -0.05) is 25.6 Å². The first-order valence-corrected chi connectivity index (χ1v) is 10.8. The number of aromatic nitrogens is 4. The molecule has 0 aliphatic carbocycles. The summed E-state index contributed by atoms with van der Waals surface area (Å²) in [5, 5.41) is 14.7. The molecule has 0 aliphatic heterocycles. The molecule has 0 saturated heterocycles. The van der Waals surface area contributed by atoms with E-state index < -0.39 is 5.25 Å². The van der Waals surface area contributed by atoms with Crippen LogP contribution in [0.4, 0.5) is 5.69 Å². The molecule has 3 aromatic rings. The van der Waals surface area contributed by atoms with E-state index in [1.165, 1.54) is 16.4 Å². The van der Waals surface area contributed by atoms with E-state index in [1.807, 2.05) is 13.8 Å². The molecule has 10 heteroatoms. The minimum atomic E-state index is -0.451. The van der Waals surface area contributed by atoms with E-state index in [2.05, 4.69) is 20.8 Å². The number of nitrogens with zero attached hydrogens (tertiary/aromatic N) is 4. The molecule has 0 aliphatic rings. The number of anilines is 1. The van der Waals surface area contributed by atoms with Crippen molar-refractivity contribution in [3.05, 3.63) is 48.0 Å². The summed E-state index contributed by atoms with van der Waals surface area (Å²) in [4.78, 5) is 24.8. The van der Waals surface area contributed by atoms with Gasteiger partial charge in [0, 0.05) is 23.2 Å². The fourth-order valence-corrected chi connectivity index (χ4v) is 3.69. The maximum atomic E-state index is 13.0. The van der Waals surface area contributed by atoms with Gasteiger partial charge in [0.1, 0.15) is 17.2 Å². The van der Waals surface area contributed by atoms with Crippen LogP contribution in [0.5, 0.6) is 11.5 Å². The van der Waals surface area contributed by atoms with E-state index in [1.54, 1.807) is 63.6 Å². The van der Waals surface area contributed by atoms with Crippen LogP contribution in [0.1, 0.15) is 31.1 Å². The molecule has 0 bridgehead atoms. The molecule has 3 rings (SSSR count). The van der Waals surface area contributed by atoms with Gasteiger partial charge in [-0.15, -0.1) is 5.10 Å². The van der Waals surface area contributed by atoms with Crippen LogP contribution >= 0.6 is 11.8 Å². The van der Waals surface area contributed by atoms with Gasteiger partial charge in [0.2, 0.25) is 11.1 Å². The third-order valence-corrected chi connectivity index (χ3v) is 5.70. The largest absolute Gasteiger partial charge is 0.497 e. The van der Waals surface area contributed by atoms with Crippen molar-refractivity contribution in [1.29, 1.82) is 0 Å². The van der Waals surface area contributed by atoms with Crippen molar-refractivity contribution in [2.75, 3.05) is 19.5 Å². The molecule has 9 nitrogen and oxygen atoms in total. The smallest absolute Gasteiger partial charge is 0.226 e. The summed E-state index contributed by atoms with van der Waals surface area (Å²) in [7, 11) is 3.13.